The van der Waals surface area contributed by atoms with Gasteiger partial charge in [-0.15, -0.1) is 0 Å². The Hall–Kier alpha value is -1.71. The maximum atomic E-state index is 12.8. The molecule has 28 heavy (non-hydrogen) atoms. The third-order valence-electron chi connectivity index (χ3n) is 5.10. The average Bonchev–Trinajstić information content (AvgIpc) is 2.64. The van der Waals surface area contributed by atoms with Gasteiger partial charge in [-0.25, -0.2) is 0 Å². The molecule has 0 bridgehead atoms. The van der Waals surface area contributed by atoms with Gasteiger partial charge in [-0.3, -0.25) is 14.4 Å². The molecule has 1 amide bonds. The lowest BCUT2D eigenvalue weighted by Crippen LogP contribution is -2.71. The van der Waals surface area contributed by atoms with E-state index in [0.717, 1.165) is 0 Å². The number of amides is 1. The van der Waals surface area contributed by atoms with Crippen molar-refractivity contribution in [1.82, 2.24) is 5.32 Å². The maximum absolute atomic E-state index is 12.8. The number of aliphatic hydroxyl groups is 1. The van der Waals surface area contributed by atoms with Crippen LogP contribution in [0.5, 0.6) is 0 Å². The van der Waals surface area contributed by atoms with Crippen LogP contribution in [-0.4, -0.2) is 66.6 Å². The van der Waals surface area contributed by atoms with Crippen molar-refractivity contribution < 1.29 is 33.7 Å². The lowest BCUT2D eigenvalue weighted by atomic mass is 9.66. The Labute approximate surface area is 166 Å². The Morgan fingerprint density at radius 3 is 2.00 bits per heavy atom. The Morgan fingerprint density at radius 2 is 1.61 bits per heavy atom. The fraction of sp³-hybridized carbons (Fsp3) is 0.842. The number of ether oxygens (including phenoxy) is 3. The van der Waals surface area contributed by atoms with Gasteiger partial charge < -0.3 is 30.4 Å². The highest BCUT2D eigenvalue weighted by atomic mass is 16.6. The minimum atomic E-state index is -2.02. The molecule has 0 spiro atoms. The van der Waals surface area contributed by atoms with Crippen LogP contribution in [0, 0.1) is 5.41 Å². The van der Waals surface area contributed by atoms with E-state index in [1.54, 1.807) is 13.8 Å². The number of nitrogens with one attached hydrogen (secondary N) is 1. The van der Waals surface area contributed by atoms with E-state index in [1.165, 1.54) is 6.92 Å². The van der Waals surface area contributed by atoms with Gasteiger partial charge in [-0.1, -0.05) is 13.8 Å². The summed E-state index contributed by atoms with van der Waals surface area (Å²) in [5.74, 6) is -2.17. The van der Waals surface area contributed by atoms with Crippen molar-refractivity contribution in [3.05, 3.63) is 0 Å². The molecule has 1 rings (SSSR count). The highest BCUT2D eigenvalue weighted by Gasteiger charge is 2.63. The van der Waals surface area contributed by atoms with E-state index in [9.17, 15) is 19.5 Å². The van der Waals surface area contributed by atoms with Gasteiger partial charge in [0.2, 0.25) is 5.91 Å². The Morgan fingerprint density at radius 1 is 1.11 bits per heavy atom. The highest BCUT2D eigenvalue weighted by molar-refractivity contribution is 6.01. The van der Waals surface area contributed by atoms with Gasteiger partial charge in [0.05, 0.1) is 25.4 Å². The number of carbonyl (C=O) groups is 3. The molecular formula is C19H34N2O7. The summed E-state index contributed by atoms with van der Waals surface area (Å²) in [6.07, 6.45) is -1.86. The van der Waals surface area contributed by atoms with Crippen LogP contribution in [-0.2, 0) is 28.6 Å². The van der Waals surface area contributed by atoms with Crippen molar-refractivity contribution >= 4 is 17.8 Å². The van der Waals surface area contributed by atoms with Crippen LogP contribution in [0.4, 0.5) is 0 Å². The zero-order chi connectivity index (χ0) is 21.5. The van der Waals surface area contributed by atoms with Crippen LogP contribution in [0.3, 0.4) is 0 Å². The van der Waals surface area contributed by atoms with Crippen molar-refractivity contribution in [2.45, 2.75) is 84.3 Å². The van der Waals surface area contributed by atoms with E-state index < -0.39 is 41.6 Å². The molecule has 4 atom stereocenters. The van der Waals surface area contributed by atoms with Crippen LogP contribution < -0.4 is 11.1 Å². The van der Waals surface area contributed by atoms with Crippen LogP contribution in [0.25, 0.3) is 0 Å². The molecule has 162 valence electrons. The molecular weight excluding hydrogens is 368 g/mol. The molecule has 1 aliphatic rings. The number of nitrogens with two attached hydrogens (primary N) is 1. The standard InChI is InChI=1S/C19H34N2O7/c1-6-12(7-2)28-15-14(21-11(5)22)13(20)10-19(16(15)23,17(24)26-8-3)18(25)27-9-4/h12-16,23H,6-10,20H2,1-5H3,(H,21,22)/t13-,14+,15-,16+/m0/s1. The third kappa shape index (κ3) is 5.01. The van der Waals surface area contributed by atoms with E-state index in [4.69, 9.17) is 19.9 Å². The molecule has 0 aliphatic heterocycles. The molecule has 1 fully saturated rings. The number of rotatable bonds is 9. The molecule has 0 radical (unpaired) electrons. The van der Waals surface area contributed by atoms with Crippen LogP contribution in [0.2, 0.25) is 0 Å². The van der Waals surface area contributed by atoms with E-state index in [0.29, 0.717) is 12.8 Å². The predicted octanol–water partition coefficient (Wildman–Crippen LogP) is 0.269. The van der Waals surface area contributed by atoms with Gasteiger partial charge in [-0.05, 0) is 33.1 Å². The van der Waals surface area contributed by atoms with Gasteiger partial charge in [0.25, 0.3) is 0 Å². The fourth-order valence-electron chi connectivity index (χ4n) is 3.64. The largest absolute Gasteiger partial charge is 0.465 e. The second-order valence-electron chi connectivity index (χ2n) is 6.99. The van der Waals surface area contributed by atoms with E-state index in [2.05, 4.69) is 5.32 Å². The van der Waals surface area contributed by atoms with Gasteiger partial charge in [0.1, 0.15) is 12.2 Å². The first-order valence-corrected chi connectivity index (χ1v) is 9.89. The van der Waals surface area contributed by atoms with Crippen molar-refractivity contribution in [3.63, 3.8) is 0 Å². The lowest BCUT2D eigenvalue weighted by molar-refractivity contribution is -0.206. The van der Waals surface area contributed by atoms with Crippen molar-refractivity contribution in [1.29, 1.82) is 0 Å². The molecule has 0 unspecified atom stereocenters. The number of esters is 2. The van der Waals surface area contributed by atoms with Gasteiger partial charge in [0.15, 0.2) is 5.41 Å². The number of hydrogen-bond acceptors (Lipinski definition) is 8. The fourth-order valence-corrected chi connectivity index (χ4v) is 3.64. The van der Waals surface area contributed by atoms with Gasteiger partial charge >= 0.3 is 11.9 Å². The third-order valence-corrected chi connectivity index (χ3v) is 5.10. The normalized spacial score (nSPS) is 26.6. The lowest BCUT2D eigenvalue weighted by Gasteiger charge is -2.48. The molecule has 0 aromatic heterocycles. The molecule has 9 nitrogen and oxygen atoms in total. The molecule has 9 heteroatoms. The summed E-state index contributed by atoms with van der Waals surface area (Å²) in [4.78, 5) is 37.3. The Balaban J connectivity index is 3.44. The number of hydrogen-bond donors (Lipinski definition) is 3. The predicted molar refractivity (Wildman–Crippen MR) is 101 cm³/mol. The molecule has 1 aliphatic carbocycles. The summed E-state index contributed by atoms with van der Waals surface area (Å²) in [6, 6.07) is -1.61. The summed E-state index contributed by atoms with van der Waals surface area (Å²) in [5, 5.41) is 13.9. The zero-order valence-corrected chi connectivity index (χ0v) is 17.4. The summed E-state index contributed by atoms with van der Waals surface area (Å²) < 4.78 is 16.2. The Kier molecular flexibility index (Phi) is 9.32. The summed E-state index contributed by atoms with van der Waals surface area (Å²) in [6.45, 7) is 8.41. The minimum Gasteiger partial charge on any atom is -0.465 e. The molecule has 0 aromatic carbocycles. The first-order valence-electron chi connectivity index (χ1n) is 9.89. The molecule has 0 heterocycles. The topological polar surface area (TPSA) is 137 Å². The van der Waals surface area contributed by atoms with Crippen molar-refractivity contribution in [2.75, 3.05) is 13.2 Å². The molecule has 0 aromatic rings. The monoisotopic (exact) mass is 402 g/mol. The van der Waals surface area contributed by atoms with Crippen molar-refractivity contribution in [2.24, 2.45) is 11.1 Å². The second kappa shape index (κ2) is 10.7. The van der Waals surface area contributed by atoms with Crippen LogP contribution in [0.15, 0.2) is 0 Å². The number of carbonyl (C=O) groups excluding carboxylic acids is 3. The SMILES string of the molecule is CCOC(=O)C1(C(=O)OCC)C[C@H](N)[C@@H](NC(C)=O)[C@H](OC(CC)CC)[C@H]1O. The van der Waals surface area contributed by atoms with E-state index in [1.807, 2.05) is 13.8 Å². The first kappa shape index (κ1) is 24.3. The summed E-state index contributed by atoms with van der Waals surface area (Å²) >= 11 is 0. The van der Waals surface area contributed by atoms with Crippen LogP contribution in [0.1, 0.15) is 53.9 Å². The van der Waals surface area contributed by atoms with E-state index in [-0.39, 0.29) is 31.6 Å². The second-order valence-corrected chi connectivity index (χ2v) is 6.99. The number of aliphatic hydroxyl groups excluding tert-OH is 1. The van der Waals surface area contributed by atoms with Crippen molar-refractivity contribution in [3.8, 4) is 0 Å². The molecule has 4 N–H and O–H groups in total. The Bertz CT molecular complexity index is 532. The van der Waals surface area contributed by atoms with Gasteiger partial charge in [-0.2, -0.15) is 0 Å². The summed E-state index contributed by atoms with van der Waals surface area (Å²) in [5.41, 5.74) is 4.24. The first-order chi connectivity index (χ1) is 13.2. The minimum absolute atomic E-state index is 0.0230. The summed E-state index contributed by atoms with van der Waals surface area (Å²) in [7, 11) is 0. The molecule has 1 saturated carbocycles. The zero-order valence-electron chi connectivity index (χ0n) is 17.4. The quantitative estimate of drug-likeness (QED) is 0.369. The smallest absolute Gasteiger partial charge is 0.326 e. The maximum Gasteiger partial charge on any atom is 0.326 e. The van der Waals surface area contributed by atoms with Gasteiger partial charge in [0, 0.05) is 13.0 Å². The van der Waals surface area contributed by atoms with Crippen LogP contribution >= 0.6 is 0 Å². The van der Waals surface area contributed by atoms with E-state index >= 15 is 0 Å². The molecule has 0 saturated heterocycles. The average molecular weight is 402 g/mol. The highest BCUT2D eigenvalue weighted by Crippen LogP contribution is 2.41.